The van der Waals surface area contributed by atoms with Gasteiger partial charge in [-0.1, -0.05) is 18.2 Å². The lowest BCUT2D eigenvalue weighted by molar-refractivity contribution is 0.282. The fourth-order valence-corrected chi connectivity index (χ4v) is 1.75. The van der Waals surface area contributed by atoms with Gasteiger partial charge in [-0.3, -0.25) is 0 Å². The molecular formula is C14H13F2NO2. The first kappa shape index (κ1) is 13.3. The Morgan fingerprint density at radius 1 is 1.05 bits per heavy atom. The van der Waals surface area contributed by atoms with E-state index in [0.717, 1.165) is 12.1 Å². The number of aromatic hydroxyl groups is 1. The van der Waals surface area contributed by atoms with Crippen LogP contribution < -0.4 is 5.32 Å². The summed E-state index contributed by atoms with van der Waals surface area (Å²) < 4.78 is 26.3. The Morgan fingerprint density at radius 2 is 1.68 bits per heavy atom. The molecule has 0 saturated heterocycles. The summed E-state index contributed by atoms with van der Waals surface area (Å²) in [5.41, 5.74) is 1.75. The summed E-state index contributed by atoms with van der Waals surface area (Å²) in [6, 6.07) is 9.22. The second-order valence-corrected chi connectivity index (χ2v) is 4.08. The molecule has 0 radical (unpaired) electrons. The van der Waals surface area contributed by atoms with Crippen molar-refractivity contribution < 1.29 is 19.0 Å². The molecule has 3 nitrogen and oxygen atoms in total. The Balaban J connectivity index is 2.15. The van der Waals surface area contributed by atoms with Crippen molar-refractivity contribution in [2.45, 2.75) is 13.2 Å². The first-order chi connectivity index (χ1) is 9.11. The highest BCUT2D eigenvalue weighted by atomic mass is 19.1. The number of phenolic OH excluding ortho intramolecular Hbond substituents is 1. The van der Waals surface area contributed by atoms with E-state index in [2.05, 4.69) is 5.32 Å². The maximum absolute atomic E-state index is 13.2. The van der Waals surface area contributed by atoms with Crippen LogP contribution in [0.15, 0.2) is 36.4 Å². The summed E-state index contributed by atoms with van der Waals surface area (Å²) in [5, 5.41) is 21.1. The molecule has 0 saturated carbocycles. The van der Waals surface area contributed by atoms with Crippen LogP contribution in [0.2, 0.25) is 0 Å². The van der Waals surface area contributed by atoms with E-state index in [9.17, 15) is 8.78 Å². The summed E-state index contributed by atoms with van der Waals surface area (Å²) >= 11 is 0. The zero-order chi connectivity index (χ0) is 13.8. The number of hydrogen-bond donors (Lipinski definition) is 3. The van der Waals surface area contributed by atoms with E-state index in [1.807, 2.05) is 0 Å². The largest absolute Gasteiger partial charge is 0.503 e. The van der Waals surface area contributed by atoms with Crippen molar-refractivity contribution >= 4 is 5.69 Å². The van der Waals surface area contributed by atoms with Gasteiger partial charge in [0.2, 0.25) is 0 Å². The Kier molecular flexibility index (Phi) is 3.97. The van der Waals surface area contributed by atoms with Crippen LogP contribution in [-0.4, -0.2) is 10.2 Å². The van der Waals surface area contributed by atoms with Crippen LogP contribution in [0.25, 0.3) is 0 Å². The molecule has 0 aliphatic carbocycles. The molecule has 0 aliphatic heterocycles. The molecule has 2 aromatic rings. The standard InChI is InChI=1S/C14H13F2NO2/c15-11-5-9(6-12(16)14(11)19)7-17-13-4-2-1-3-10(13)8-18/h1-6,17-19H,7-8H2. The third-order valence-corrected chi connectivity index (χ3v) is 2.75. The molecule has 0 heterocycles. The van der Waals surface area contributed by atoms with Gasteiger partial charge in [0.1, 0.15) is 0 Å². The minimum absolute atomic E-state index is 0.124. The number of hydrogen-bond acceptors (Lipinski definition) is 3. The van der Waals surface area contributed by atoms with Gasteiger partial charge in [0.25, 0.3) is 0 Å². The third-order valence-electron chi connectivity index (χ3n) is 2.75. The fourth-order valence-electron chi connectivity index (χ4n) is 1.75. The highest BCUT2D eigenvalue weighted by Crippen LogP contribution is 2.22. The molecule has 19 heavy (non-hydrogen) atoms. The smallest absolute Gasteiger partial charge is 0.187 e. The summed E-state index contributed by atoms with van der Waals surface area (Å²) in [4.78, 5) is 0. The molecule has 0 unspecified atom stereocenters. The minimum atomic E-state index is -0.993. The van der Waals surface area contributed by atoms with Crippen molar-refractivity contribution in [2.75, 3.05) is 5.32 Å². The Bertz CT molecular complexity index is 564. The topological polar surface area (TPSA) is 52.5 Å². The highest BCUT2D eigenvalue weighted by Gasteiger charge is 2.09. The molecule has 0 aromatic heterocycles. The first-order valence-corrected chi connectivity index (χ1v) is 5.71. The maximum Gasteiger partial charge on any atom is 0.187 e. The second-order valence-electron chi connectivity index (χ2n) is 4.08. The summed E-state index contributed by atoms with van der Waals surface area (Å²) in [6.07, 6.45) is 0. The van der Waals surface area contributed by atoms with Gasteiger partial charge in [0.15, 0.2) is 17.4 Å². The number of nitrogens with one attached hydrogen (secondary N) is 1. The van der Waals surface area contributed by atoms with Crippen molar-refractivity contribution in [3.63, 3.8) is 0 Å². The maximum atomic E-state index is 13.2. The molecule has 2 aromatic carbocycles. The number of anilines is 1. The van der Waals surface area contributed by atoms with E-state index in [-0.39, 0.29) is 13.2 Å². The monoisotopic (exact) mass is 265 g/mol. The third kappa shape index (κ3) is 3.00. The Morgan fingerprint density at radius 3 is 2.32 bits per heavy atom. The molecule has 0 spiro atoms. The Hall–Kier alpha value is -2.14. The van der Waals surface area contributed by atoms with Gasteiger partial charge in [-0.05, 0) is 23.8 Å². The molecular weight excluding hydrogens is 252 g/mol. The van der Waals surface area contributed by atoms with Gasteiger partial charge in [0.05, 0.1) is 6.61 Å². The quantitative estimate of drug-likeness (QED) is 0.796. The van der Waals surface area contributed by atoms with E-state index in [1.54, 1.807) is 24.3 Å². The normalized spacial score (nSPS) is 10.5. The van der Waals surface area contributed by atoms with Crippen LogP contribution >= 0.6 is 0 Å². The zero-order valence-corrected chi connectivity index (χ0v) is 10.0. The lowest BCUT2D eigenvalue weighted by atomic mass is 10.1. The van der Waals surface area contributed by atoms with Gasteiger partial charge in [-0.2, -0.15) is 0 Å². The molecule has 0 fully saturated rings. The van der Waals surface area contributed by atoms with Gasteiger partial charge >= 0.3 is 0 Å². The van der Waals surface area contributed by atoms with Crippen LogP contribution in [0.1, 0.15) is 11.1 Å². The lowest BCUT2D eigenvalue weighted by Crippen LogP contribution is -2.03. The lowest BCUT2D eigenvalue weighted by Gasteiger charge is -2.11. The van der Waals surface area contributed by atoms with Gasteiger partial charge in [-0.25, -0.2) is 8.78 Å². The number of para-hydroxylation sites is 1. The van der Waals surface area contributed by atoms with Crippen LogP contribution in [0.5, 0.6) is 5.75 Å². The van der Waals surface area contributed by atoms with Crippen molar-refractivity contribution in [1.82, 2.24) is 0 Å². The molecule has 100 valence electrons. The van der Waals surface area contributed by atoms with Gasteiger partial charge in [-0.15, -0.1) is 0 Å². The molecule has 0 aliphatic rings. The van der Waals surface area contributed by atoms with E-state index >= 15 is 0 Å². The molecule has 2 rings (SSSR count). The molecule has 0 atom stereocenters. The number of aliphatic hydroxyl groups is 1. The van der Waals surface area contributed by atoms with Crippen LogP contribution in [0.3, 0.4) is 0 Å². The summed E-state index contributed by atoms with van der Waals surface area (Å²) in [7, 11) is 0. The summed E-state index contributed by atoms with van der Waals surface area (Å²) in [5.74, 6) is -2.96. The van der Waals surface area contributed by atoms with Crippen LogP contribution in [0, 0.1) is 11.6 Å². The van der Waals surface area contributed by atoms with Crippen LogP contribution in [-0.2, 0) is 13.2 Å². The van der Waals surface area contributed by atoms with E-state index in [1.165, 1.54) is 0 Å². The first-order valence-electron chi connectivity index (χ1n) is 5.71. The SMILES string of the molecule is OCc1ccccc1NCc1cc(F)c(O)c(F)c1. The van der Waals surface area contributed by atoms with E-state index < -0.39 is 17.4 Å². The number of rotatable bonds is 4. The minimum Gasteiger partial charge on any atom is -0.503 e. The predicted molar refractivity (Wildman–Crippen MR) is 67.7 cm³/mol. The fraction of sp³-hybridized carbons (Fsp3) is 0.143. The molecule has 5 heteroatoms. The molecule has 0 bridgehead atoms. The summed E-state index contributed by atoms with van der Waals surface area (Å²) in [6.45, 7) is 0.0621. The van der Waals surface area contributed by atoms with Crippen molar-refractivity contribution in [3.8, 4) is 5.75 Å². The van der Waals surface area contributed by atoms with Crippen molar-refractivity contribution in [2.24, 2.45) is 0 Å². The second kappa shape index (κ2) is 5.67. The van der Waals surface area contributed by atoms with E-state index in [4.69, 9.17) is 10.2 Å². The number of phenols is 1. The van der Waals surface area contributed by atoms with E-state index in [0.29, 0.717) is 16.8 Å². The number of benzene rings is 2. The molecule has 0 amide bonds. The predicted octanol–water partition coefficient (Wildman–Crippen LogP) is 2.77. The average Bonchev–Trinajstić information content (AvgIpc) is 2.42. The van der Waals surface area contributed by atoms with Gasteiger partial charge < -0.3 is 15.5 Å². The average molecular weight is 265 g/mol. The zero-order valence-electron chi connectivity index (χ0n) is 10.0. The number of halogens is 2. The van der Waals surface area contributed by atoms with Crippen molar-refractivity contribution in [3.05, 3.63) is 59.2 Å². The Labute approximate surface area is 109 Å². The number of aliphatic hydroxyl groups excluding tert-OH is 1. The molecule has 3 N–H and O–H groups in total. The van der Waals surface area contributed by atoms with Crippen molar-refractivity contribution in [1.29, 1.82) is 0 Å². The highest BCUT2D eigenvalue weighted by molar-refractivity contribution is 5.51. The van der Waals surface area contributed by atoms with Crippen LogP contribution in [0.4, 0.5) is 14.5 Å². The van der Waals surface area contributed by atoms with Gasteiger partial charge in [0, 0.05) is 17.8 Å².